The third-order valence-corrected chi connectivity index (χ3v) is 6.09. The van der Waals surface area contributed by atoms with E-state index < -0.39 is 0 Å². The summed E-state index contributed by atoms with van der Waals surface area (Å²) in [6.07, 6.45) is 8.20. The van der Waals surface area contributed by atoms with Gasteiger partial charge in [0.15, 0.2) is 0 Å². The first-order valence-electron chi connectivity index (χ1n) is 7.97. The molecule has 1 aromatic carbocycles. The molecular weight excluding hydrogens is 342 g/mol. The minimum atomic E-state index is 0.701. The number of thiazole rings is 1. The van der Waals surface area contributed by atoms with Crippen molar-refractivity contribution in [2.75, 3.05) is 0 Å². The SMILES string of the molecule is CCCC1CCC(c2nc(-c3ccc(Br)cc3)cs2)CC1. The van der Waals surface area contributed by atoms with Gasteiger partial charge in [-0.3, -0.25) is 0 Å². The van der Waals surface area contributed by atoms with E-state index in [2.05, 4.69) is 52.5 Å². The zero-order valence-corrected chi connectivity index (χ0v) is 14.9. The van der Waals surface area contributed by atoms with E-state index in [9.17, 15) is 0 Å². The summed E-state index contributed by atoms with van der Waals surface area (Å²) >= 11 is 5.33. The van der Waals surface area contributed by atoms with E-state index >= 15 is 0 Å². The molecule has 0 radical (unpaired) electrons. The van der Waals surface area contributed by atoms with Crippen LogP contribution in [-0.4, -0.2) is 4.98 Å². The molecule has 2 aromatic rings. The summed E-state index contributed by atoms with van der Waals surface area (Å²) in [7, 11) is 0. The normalized spacial score (nSPS) is 22.4. The van der Waals surface area contributed by atoms with E-state index in [1.165, 1.54) is 49.1 Å². The van der Waals surface area contributed by atoms with Crippen LogP contribution in [-0.2, 0) is 0 Å². The van der Waals surface area contributed by atoms with Crippen LogP contribution >= 0.6 is 27.3 Å². The number of hydrogen-bond acceptors (Lipinski definition) is 2. The van der Waals surface area contributed by atoms with Crippen LogP contribution in [0.3, 0.4) is 0 Å². The molecule has 1 aromatic heterocycles. The molecule has 1 saturated carbocycles. The van der Waals surface area contributed by atoms with Gasteiger partial charge in [0, 0.05) is 21.3 Å². The van der Waals surface area contributed by atoms with Crippen molar-refractivity contribution in [3.8, 4) is 11.3 Å². The number of benzene rings is 1. The van der Waals surface area contributed by atoms with Gasteiger partial charge >= 0.3 is 0 Å². The molecule has 1 fully saturated rings. The van der Waals surface area contributed by atoms with Crippen molar-refractivity contribution >= 4 is 27.3 Å². The predicted octanol–water partition coefficient (Wildman–Crippen LogP) is 6.65. The molecule has 3 rings (SSSR count). The monoisotopic (exact) mass is 363 g/mol. The highest BCUT2D eigenvalue weighted by atomic mass is 79.9. The average molecular weight is 364 g/mol. The Morgan fingerprint density at radius 1 is 1.14 bits per heavy atom. The van der Waals surface area contributed by atoms with Crippen molar-refractivity contribution in [1.82, 2.24) is 4.98 Å². The van der Waals surface area contributed by atoms with E-state index in [0.717, 1.165) is 16.1 Å². The average Bonchev–Trinajstić information content (AvgIpc) is 2.99. The van der Waals surface area contributed by atoms with Crippen molar-refractivity contribution in [3.05, 3.63) is 39.1 Å². The number of aromatic nitrogens is 1. The van der Waals surface area contributed by atoms with E-state index in [1.807, 2.05) is 11.3 Å². The highest BCUT2D eigenvalue weighted by Crippen LogP contribution is 2.39. The van der Waals surface area contributed by atoms with Crippen LogP contribution in [0.1, 0.15) is 56.4 Å². The lowest BCUT2D eigenvalue weighted by Gasteiger charge is -2.26. The second-order valence-electron chi connectivity index (χ2n) is 6.08. The van der Waals surface area contributed by atoms with Gasteiger partial charge in [-0.25, -0.2) is 4.98 Å². The molecule has 0 bridgehead atoms. The van der Waals surface area contributed by atoms with Crippen molar-refractivity contribution in [1.29, 1.82) is 0 Å². The molecule has 1 nitrogen and oxygen atoms in total. The van der Waals surface area contributed by atoms with Gasteiger partial charge in [0.2, 0.25) is 0 Å². The van der Waals surface area contributed by atoms with Crippen LogP contribution in [0, 0.1) is 5.92 Å². The highest BCUT2D eigenvalue weighted by molar-refractivity contribution is 9.10. The lowest BCUT2D eigenvalue weighted by molar-refractivity contribution is 0.308. The Labute approximate surface area is 139 Å². The maximum Gasteiger partial charge on any atom is 0.0963 e. The second-order valence-corrected chi connectivity index (χ2v) is 7.89. The molecule has 0 aliphatic heterocycles. The molecule has 112 valence electrons. The molecule has 1 aliphatic carbocycles. The molecule has 0 atom stereocenters. The smallest absolute Gasteiger partial charge is 0.0963 e. The van der Waals surface area contributed by atoms with Crippen molar-refractivity contribution in [3.63, 3.8) is 0 Å². The maximum atomic E-state index is 4.91. The maximum absolute atomic E-state index is 4.91. The Kier molecular flexibility index (Phi) is 5.12. The molecular formula is C18H22BrNS. The first-order chi connectivity index (χ1) is 10.3. The molecule has 0 unspecified atom stereocenters. The van der Waals surface area contributed by atoms with Gasteiger partial charge in [-0.15, -0.1) is 11.3 Å². The summed E-state index contributed by atoms with van der Waals surface area (Å²) < 4.78 is 1.12. The highest BCUT2D eigenvalue weighted by Gasteiger charge is 2.24. The zero-order valence-electron chi connectivity index (χ0n) is 12.5. The first kappa shape index (κ1) is 15.2. The molecule has 1 heterocycles. The molecule has 21 heavy (non-hydrogen) atoms. The summed E-state index contributed by atoms with van der Waals surface area (Å²) in [5.41, 5.74) is 2.36. The van der Waals surface area contributed by atoms with Crippen LogP contribution in [0.4, 0.5) is 0 Å². The second kappa shape index (κ2) is 7.06. The fourth-order valence-electron chi connectivity index (χ4n) is 3.33. The third-order valence-electron chi connectivity index (χ3n) is 4.55. The number of halogens is 1. The molecule has 0 N–H and O–H groups in total. The molecule has 3 heteroatoms. The Balaban J connectivity index is 1.67. The van der Waals surface area contributed by atoms with Crippen molar-refractivity contribution in [2.24, 2.45) is 5.92 Å². The van der Waals surface area contributed by atoms with Gasteiger partial charge in [0.05, 0.1) is 10.7 Å². The summed E-state index contributed by atoms with van der Waals surface area (Å²) in [4.78, 5) is 4.91. The van der Waals surface area contributed by atoms with Crippen molar-refractivity contribution in [2.45, 2.75) is 51.4 Å². The van der Waals surface area contributed by atoms with Gasteiger partial charge in [-0.1, -0.05) is 47.8 Å². The number of nitrogens with zero attached hydrogens (tertiary/aromatic N) is 1. The Morgan fingerprint density at radius 2 is 1.86 bits per heavy atom. The largest absolute Gasteiger partial charge is 0.241 e. The van der Waals surface area contributed by atoms with Crippen LogP contribution in [0.5, 0.6) is 0 Å². The third kappa shape index (κ3) is 3.75. The van der Waals surface area contributed by atoms with Gasteiger partial charge in [-0.05, 0) is 43.7 Å². The number of hydrogen-bond donors (Lipinski definition) is 0. The minimum Gasteiger partial charge on any atom is -0.241 e. The summed E-state index contributed by atoms with van der Waals surface area (Å²) in [6.45, 7) is 2.30. The van der Waals surface area contributed by atoms with E-state index in [4.69, 9.17) is 4.98 Å². The van der Waals surface area contributed by atoms with Crippen molar-refractivity contribution < 1.29 is 0 Å². The Hall–Kier alpha value is -0.670. The van der Waals surface area contributed by atoms with Crippen LogP contribution < -0.4 is 0 Å². The van der Waals surface area contributed by atoms with E-state index in [0.29, 0.717) is 5.92 Å². The summed E-state index contributed by atoms with van der Waals surface area (Å²) in [6, 6.07) is 8.46. The fourth-order valence-corrected chi connectivity index (χ4v) is 4.60. The Morgan fingerprint density at radius 3 is 2.52 bits per heavy atom. The van der Waals surface area contributed by atoms with Crippen LogP contribution in [0.25, 0.3) is 11.3 Å². The first-order valence-corrected chi connectivity index (χ1v) is 9.65. The quantitative estimate of drug-likeness (QED) is 0.592. The summed E-state index contributed by atoms with van der Waals surface area (Å²) in [5.74, 6) is 1.67. The van der Waals surface area contributed by atoms with Gasteiger partial charge in [0.25, 0.3) is 0 Å². The van der Waals surface area contributed by atoms with E-state index in [1.54, 1.807) is 0 Å². The topological polar surface area (TPSA) is 12.9 Å². The van der Waals surface area contributed by atoms with Gasteiger partial charge in [-0.2, -0.15) is 0 Å². The van der Waals surface area contributed by atoms with Crippen LogP contribution in [0.15, 0.2) is 34.1 Å². The Bertz CT molecular complexity index is 567. The summed E-state index contributed by atoms with van der Waals surface area (Å²) in [5, 5.41) is 3.57. The molecule has 0 amide bonds. The van der Waals surface area contributed by atoms with E-state index in [-0.39, 0.29) is 0 Å². The van der Waals surface area contributed by atoms with Gasteiger partial charge in [0.1, 0.15) is 0 Å². The standard InChI is InChI=1S/C18H22BrNS/c1-2-3-13-4-6-15(7-5-13)18-20-17(12-21-18)14-8-10-16(19)11-9-14/h8-13,15H,2-7H2,1H3. The lowest BCUT2D eigenvalue weighted by Crippen LogP contribution is -2.13. The minimum absolute atomic E-state index is 0.701. The molecule has 0 spiro atoms. The predicted molar refractivity (Wildman–Crippen MR) is 94.9 cm³/mol. The zero-order chi connectivity index (χ0) is 14.7. The lowest BCUT2D eigenvalue weighted by atomic mass is 9.80. The molecule has 1 aliphatic rings. The molecule has 0 saturated heterocycles. The number of rotatable bonds is 4. The van der Waals surface area contributed by atoms with Crippen LogP contribution in [0.2, 0.25) is 0 Å². The van der Waals surface area contributed by atoms with Gasteiger partial charge < -0.3 is 0 Å². The fraction of sp³-hybridized carbons (Fsp3) is 0.500.